The first-order valence-electron chi connectivity index (χ1n) is 10.6. The third-order valence-corrected chi connectivity index (χ3v) is 6.09. The van der Waals surface area contributed by atoms with Gasteiger partial charge in [-0.3, -0.25) is 9.48 Å². The van der Waals surface area contributed by atoms with E-state index in [-0.39, 0.29) is 19.4 Å². The van der Waals surface area contributed by atoms with Crippen LogP contribution in [0.2, 0.25) is 0 Å². The van der Waals surface area contributed by atoms with Gasteiger partial charge in [0.05, 0.1) is 18.9 Å². The molecule has 0 spiro atoms. The summed E-state index contributed by atoms with van der Waals surface area (Å²) in [7, 11) is 1.82. The van der Waals surface area contributed by atoms with Crippen molar-refractivity contribution < 1.29 is 4.79 Å². The molecule has 0 radical (unpaired) electrons. The fourth-order valence-corrected chi connectivity index (χ4v) is 4.35. The van der Waals surface area contributed by atoms with E-state index in [4.69, 9.17) is 4.98 Å². The van der Waals surface area contributed by atoms with Gasteiger partial charge in [0, 0.05) is 26.2 Å². The van der Waals surface area contributed by atoms with Crippen LogP contribution in [0.25, 0.3) is 0 Å². The van der Waals surface area contributed by atoms with Gasteiger partial charge in [-0.15, -0.1) is 0 Å². The SMILES string of the molecule is C.Cc1ccc(Cn2cc(CCc3ncc4c(n3)N3CCC[C@H]3C(=O)N4C)cn2)cc1. The summed E-state index contributed by atoms with van der Waals surface area (Å²) in [6.45, 7) is 3.75. The molecule has 0 aliphatic carbocycles. The Labute approximate surface area is 183 Å². The lowest BCUT2D eigenvalue weighted by molar-refractivity contribution is -0.119. The lowest BCUT2D eigenvalue weighted by atomic mass is 10.1. The second-order valence-corrected chi connectivity index (χ2v) is 8.28. The predicted octanol–water partition coefficient (Wildman–Crippen LogP) is 3.40. The molecule has 5 rings (SSSR count). The van der Waals surface area contributed by atoms with Gasteiger partial charge in [0.25, 0.3) is 0 Å². The number of hydrogen-bond acceptors (Lipinski definition) is 5. The summed E-state index contributed by atoms with van der Waals surface area (Å²) in [6.07, 6.45) is 9.34. The van der Waals surface area contributed by atoms with Crippen molar-refractivity contribution in [3.05, 3.63) is 65.4 Å². The van der Waals surface area contributed by atoms with E-state index in [1.165, 1.54) is 16.7 Å². The minimum absolute atomic E-state index is 0. The molecule has 7 heteroatoms. The van der Waals surface area contributed by atoms with Gasteiger partial charge in [-0.05, 0) is 37.3 Å². The lowest BCUT2D eigenvalue weighted by Gasteiger charge is -2.36. The maximum Gasteiger partial charge on any atom is 0.249 e. The van der Waals surface area contributed by atoms with Gasteiger partial charge in [0.2, 0.25) is 5.91 Å². The summed E-state index contributed by atoms with van der Waals surface area (Å²) in [5.41, 5.74) is 4.50. The second kappa shape index (κ2) is 8.49. The number of fused-ring (bicyclic) bond motifs is 3. The van der Waals surface area contributed by atoms with E-state index in [2.05, 4.69) is 52.4 Å². The van der Waals surface area contributed by atoms with Gasteiger partial charge in [-0.2, -0.15) is 5.10 Å². The van der Waals surface area contributed by atoms with Crippen molar-refractivity contribution in [1.82, 2.24) is 19.7 Å². The number of aromatic nitrogens is 4. The molecular formula is C24H30N6O. The summed E-state index contributed by atoms with van der Waals surface area (Å²) in [4.78, 5) is 25.8. The van der Waals surface area contributed by atoms with Gasteiger partial charge in [-0.25, -0.2) is 9.97 Å². The normalized spacial score (nSPS) is 17.4. The maximum atomic E-state index is 12.5. The number of amides is 1. The number of rotatable bonds is 5. The highest BCUT2D eigenvalue weighted by Gasteiger charge is 2.40. The number of nitrogens with zero attached hydrogens (tertiary/aromatic N) is 6. The molecule has 3 aromatic rings. The number of carbonyl (C=O) groups excluding carboxylic acids is 1. The van der Waals surface area contributed by atoms with Crippen molar-refractivity contribution in [1.29, 1.82) is 0 Å². The number of aryl methyl sites for hydroxylation is 3. The van der Waals surface area contributed by atoms with Crippen LogP contribution in [-0.4, -0.2) is 45.3 Å². The van der Waals surface area contributed by atoms with E-state index >= 15 is 0 Å². The molecule has 1 saturated heterocycles. The summed E-state index contributed by atoms with van der Waals surface area (Å²) >= 11 is 0. The van der Waals surface area contributed by atoms with E-state index in [1.54, 1.807) is 11.1 Å². The van der Waals surface area contributed by atoms with E-state index in [9.17, 15) is 4.79 Å². The molecule has 0 unspecified atom stereocenters. The molecule has 0 N–H and O–H groups in total. The molecule has 2 aliphatic heterocycles. The number of carbonyl (C=O) groups is 1. The topological polar surface area (TPSA) is 67.2 Å². The molecule has 2 aliphatic rings. The van der Waals surface area contributed by atoms with Crippen LogP contribution in [0.1, 0.15) is 42.8 Å². The van der Waals surface area contributed by atoms with Crippen LogP contribution < -0.4 is 9.80 Å². The van der Waals surface area contributed by atoms with Crippen molar-refractivity contribution in [3.63, 3.8) is 0 Å². The second-order valence-electron chi connectivity index (χ2n) is 8.28. The molecule has 31 heavy (non-hydrogen) atoms. The Balaban J connectivity index is 0.00000231. The molecule has 4 heterocycles. The lowest BCUT2D eigenvalue weighted by Crippen LogP contribution is -2.49. The fraction of sp³-hybridized carbons (Fsp3) is 0.417. The van der Waals surface area contributed by atoms with Gasteiger partial charge in [-0.1, -0.05) is 37.3 Å². The highest BCUT2D eigenvalue weighted by molar-refractivity contribution is 6.04. The van der Waals surface area contributed by atoms with Gasteiger partial charge >= 0.3 is 0 Å². The summed E-state index contributed by atoms with van der Waals surface area (Å²) in [5.74, 6) is 1.87. The third-order valence-electron chi connectivity index (χ3n) is 6.09. The standard InChI is InChI=1S/C23H26N6O.CH4/c1-16-5-7-17(8-6-16)14-28-15-18(12-25-28)9-10-21-24-13-20-22(26-21)29-11-3-4-19(29)23(30)27(20)2;/h5-8,12-13,15,19H,3-4,9-11,14H2,1-2H3;1H4/t19-;/m0./s1. The van der Waals surface area contributed by atoms with E-state index in [0.29, 0.717) is 0 Å². The summed E-state index contributed by atoms with van der Waals surface area (Å²) in [5, 5.41) is 4.50. The van der Waals surface area contributed by atoms with Crippen LogP contribution in [0.5, 0.6) is 0 Å². The molecule has 1 fully saturated rings. The molecule has 0 saturated carbocycles. The van der Waals surface area contributed by atoms with Crippen molar-refractivity contribution in [2.75, 3.05) is 23.4 Å². The average molecular weight is 419 g/mol. The zero-order chi connectivity index (χ0) is 20.7. The minimum atomic E-state index is -0.0646. The minimum Gasteiger partial charge on any atom is -0.343 e. The summed E-state index contributed by atoms with van der Waals surface area (Å²) in [6, 6.07) is 8.48. The zero-order valence-electron chi connectivity index (χ0n) is 17.5. The van der Waals surface area contributed by atoms with Crippen LogP contribution in [0.4, 0.5) is 11.5 Å². The van der Waals surface area contributed by atoms with Gasteiger partial charge < -0.3 is 9.80 Å². The maximum absolute atomic E-state index is 12.5. The fourth-order valence-electron chi connectivity index (χ4n) is 4.35. The first-order valence-corrected chi connectivity index (χ1v) is 10.6. The first kappa shape index (κ1) is 21.0. The van der Waals surface area contributed by atoms with Crippen LogP contribution in [-0.2, 0) is 24.2 Å². The number of hydrogen-bond donors (Lipinski definition) is 0. The van der Waals surface area contributed by atoms with E-state index < -0.39 is 0 Å². The molecule has 2 aromatic heterocycles. The Morgan fingerprint density at radius 1 is 1.10 bits per heavy atom. The van der Waals surface area contributed by atoms with Crippen molar-refractivity contribution >= 4 is 17.4 Å². The monoisotopic (exact) mass is 418 g/mol. The third kappa shape index (κ3) is 4.04. The molecule has 1 atom stereocenters. The smallest absolute Gasteiger partial charge is 0.249 e. The molecule has 1 amide bonds. The molecule has 7 nitrogen and oxygen atoms in total. The first-order chi connectivity index (χ1) is 14.6. The van der Waals surface area contributed by atoms with Gasteiger partial charge in [0.15, 0.2) is 5.82 Å². The quantitative estimate of drug-likeness (QED) is 0.635. The number of benzene rings is 1. The van der Waals surface area contributed by atoms with E-state index in [0.717, 1.165) is 56.1 Å². The van der Waals surface area contributed by atoms with Crippen LogP contribution in [0.15, 0.2) is 42.9 Å². The van der Waals surface area contributed by atoms with Crippen LogP contribution in [0, 0.1) is 6.92 Å². The largest absolute Gasteiger partial charge is 0.343 e. The number of anilines is 2. The average Bonchev–Trinajstić information content (AvgIpc) is 3.42. The predicted molar refractivity (Wildman–Crippen MR) is 122 cm³/mol. The number of likely N-dealkylation sites (N-methyl/N-ethyl adjacent to an activating group) is 1. The van der Waals surface area contributed by atoms with E-state index in [1.807, 2.05) is 17.9 Å². The van der Waals surface area contributed by atoms with Crippen LogP contribution >= 0.6 is 0 Å². The zero-order valence-corrected chi connectivity index (χ0v) is 17.5. The molecule has 0 bridgehead atoms. The Morgan fingerprint density at radius 2 is 1.90 bits per heavy atom. The highest BCUT2D eigenvalue weighted by Crippen LogP contribution is 2.37. The van der Waals surface area contributed by atoms with Gasteiger partial charge in [0.1, 0.15) is 17.6 Å². The van der Waals surface area contributed by atoms with Crippen molar-refractivity contribution in [2.45, 2.75) is 52.6 Å². The molecular weight excluding hydrogens is 388 g/mol. The van der Waals surface area contributed by atoms with Crippen molar-refractivity contribution in [3.8, 4) is 0 Å². The highest BCUT2D eigenvalue weighted by atomic mass is 16.2. The van der Waals surface area contributed by atoms with Crippen LogP contribution in [0.3, 0.4) is 0 Å². The molecule has 1 aromatic carbocycles. The Morgan fingerprint density at radius 3 is 2.71 bits per heavy atom. The Hall–Kier alpha value is -3.22. The van der Waals surface area contributed by atoms with Crippen molar-refractivity contribution in [2.24, 2.45) is 0 Å². The Bertz CT molecular complexity index is 1070. The Kier molecular flexibility index (Phi) is 5.76. The summed E-state index contributed by atoms with van der Waals surface area (Å²) < 4.78 is 1.98. The molecule has 162 valence electrons.